The van der Waals surface area contributed by atoms with E-state index in [-0.39, 0.29) is 0 Å². The molecule has 2 nitrogen and oxygen atoms in total. The van der Waals surface area contributed by atoms with Crippen molar-refractivity contribution in [2.75, 3.05) is 0 Å². The summed E-state index contributed by atoms with van der Waals surface area (Å²) < 4.78 is 5.27. The van der Waals surface area contributed by atoms with Crippen LogP contribution in [0.3, 0.4) is 0 Å². The number of rotatable bonds is 2. The van der Waals surface area contributed by atoms with E-state index in [1.54, 1.807) is 11.3 Å². The molecular weight excluding hydrogens is 274 g/mol. The number of halogens is 2. The maximum atomic E-state index is 5.97. The number of hydrogen-bond donors (Lipinski definition) is 0. The van der Waals surface area contributed by atoms with Crippen molar-refractivity contribution in [1.29, 1.82) is 0 Å². The Balaban J connectivity index is 2.52. The molecule has 0 radical (unpaired) electrons. The second-order valence-corrected chi connectivity index (χ2v) is 4.24. The molecule has 0 aromatic carbocycles. The van der Waals surface area contributed by atoms with Gasteiger partial charge in [0.15, 0.2) is 12.2 Å². The number of oxazole rings is 1. The Hall–Kier alpha value is -0.320. The molecule has 0 aliphatic rings. The summed E-state index contributed by atoms with van der Waals surface area (Å²) in [5.74, 6) is 0.761. The van der Waals surface area contributed by atoms with Crippen LogP contribution in [-0.4, -0.2) is 4.98 Å². The van der Waals surface area contributed by atoms with Gasteiger partial charge in [0.05, 0.1) is 15.6 Å². The largest absolute Gasteiger partial charge is 0.442 e. The summed E-state index contributed by atoms with van der Waals surface area (Å²) in [6, 6.07) is 1.85. The highest BCUT2D eigenvalue weighted by atomic mass is 79.9. The van der Waals surface area contributed by atoms with Gasteiger partial charge in [-0.25, -0.2) is 4.98 Å². The van der Waals surface area contributed by atoms with Crippen molar-refractivity contribution in [2.45, 2.75) is 5.33 Å². The molecular formula is C8H5BrClNOS. The van der Waals surface area contributed by atoms with Crippen molar-refractivity contribution in [3.8, 4) is 10.6 Å². The van der Waals surface area contributed by atoms with E-state index in [9.17, 15) is 0 Å². The molecule has 2 aromatic heterocycles. The van der Waals surface area contributed by atoms with Gasteiger partial charge in [0.1, 0.15) is 0 Å². The molecule has 13 heavy (non-hydrogen) atoms. The number of aromatic nitrogens is 1. The molecule has 0 atom stereocenters. The van der Waals surface area contributed by atoms with Gasteiger partial charge in [-0.1, -0.05) is 27.5 Å². The van der Waals surface area contributed by atoms with E-state index in [0.717, 1.165) is 16.3 Å². The molecule has 68 valence electrons. The summed E-state index contributed by atoms with van der Waals surface area (Å²) in [6.07, 6.45) is 1.43. The van der Waals surface area contributed by atoms with Crippen molar-refractivity contribution in [3.05, 3.63) is 28.6 Å². The first-order chi connectivity index (χ1) is 6.33. The van der Waals surface area contributed by atoms with E-state index in [2.05, 4.69) is 20.9 Å². The van der Waals surface area contributed by atoms with Gasteiger partial charge >= 0.3 is 0 Å². The summed E-state index contributed by atoms with van der Waals surface area (Å²) in [5.41, 5.74) is 0.879. The molecule has 0 saturated heterocycles. The van der Waals surface area contributed by atoms with E-state index < -0.39 is 0 Å². The van der Waals surface area contributed by atoms with E-state index in [1.165, 1.54) is 6.39 Å². The van der Waals surface area contributed by atoms with Crippen molar-refractivity contribution in [2.24, 2.45) is 0 Å². The Bertz CT molecular complexity index is 412. The molecule has 2 heterocycles. The third kappa shape index (κ3) is 1.66. The van der Waals surface area contributed by atoms with Crippen LogP contribution in [-0.2, 0) is 5.33 Å². The monoisotopic (exact) mass is 277 g/mol. The van der Waals surface area contributed by atoms with Gasteiger partial charge in [0, 0.05) is 5.33 Å². The van der Waals surface area contributed by atoms with Crippen molar-refractivity contribution in [3.63, 3.8) is 0 Å². The highest BCUT2D eigenvalue weighted by molar-refractivity contribution is 9.08. The van der Waals surface area contributed by atoms with Crippen LogP contribution in [0.4, 0.5) is 0 Å². The van der Waals surface area contributed by atoms with Crippen LogP contribution in [0, 0.1) is 0 Å². The first-order valence-corrected chi connectivity index (χ1v) is 5.92. The second kappa shape index (κ2) is 3.82. The zero-order valence-corrected chi connectivity index (χ0v) is 9.62. The first-order valence-electron chi connectivity index (χ1n) is 3.54. The van der Waals surface area contributed by atoms with Gasteiger partial charge in [-0.15, -0.1) is 11.3 Å². The van der Waals surface area contributed by atoms with Crippen LogP contribution in [0.5, 0.6) is 0 Å². The minimum Gasteiger partial charge on any atom is -0.442 e. The summed E-state index contributed by atoms with van der Waals surface area (Å²) in [7, 11) is 0. The average Bonchev–Trinajstić information content (AvgIpc) is 2.71. The summed E-state index contributed by atoms with van der Waals surface area (Å²) in [4.78, 5) is 5.00. The molecule has 0 spiro atoms. The van der Waals surface area contributed by atoms with Gasteiger partial charge in [0.2, 0.25) is 0 Å². The smallest absolute Gasteiger partial charge is 0.181 e. The van der Waals surface area contributed by atoms with E-state index in [4.69, 9.17) is 16.0 Å². The third-order valence-electron chi connectivity index (χ3n) is 1.59. The molecule has 0 amide bonds. The molecule has 0 aliphatic carbocycles. The molecule has 2 rings (SSSR count). The first kappa shape index (κ1) is 9.24. The van der Waals surface area contributed by atoms with Crippen molar-refractivity contribution in [1.82, 2.24) is 4.98 Å². The lowest BCUT2D eigenvalue weighted by molar-refractivity contribution is 0.572. The highest BCUT2D eigenvalue weighted by Crippen LogP contribution is 2.35. The normalized spacial score (nSPS) is 10.6. The highest BCUT2D eigenvalue weighted by Gasteiger charge is 2.13. The predicted octanol–water partition coefficient (Wildman–Crippen LogP) is 3.95. The predicted molar refractivity (Wildman–Crippen MR) is 57.5 cm³/mol. The van der Waals surface area contributed by atoms with Crippen LogP contribution in [0.15, 0.2) is 22.3 Å². The maximum Gasteiger partial charge on any atom is 0.181 e. The Morgan fingerprint density at radius 3 is 3.08 bits per heavy atom. The minimum atomic E-state index is 0.674. The Morgan fingerprint density at radius 2 is 2.46 bits per heavy atom. The number of nitrogens with zero attached hydrogens (tertiary/aromatic N) is 1. The minimum absolute atomic E-state index is 0.674. The number of alkyl halides is 1. The van der Waals surface area contributed by atoms with Gasteiger partial charge < -0.3 is 4.42 Å². The Morgan fingerprint density at radius 1 is 1.62 bits per heavy atom. The molecule has 0 bridgehead atoms. The van der Waals surface area contributed by atoms with Crippen LogP contribution in [0.1, 0.15) is 5.69 Å². The fraction of sp³-hybridized carbons (Fsp3) is 0.125. The number of hydrogen-bond acceptors (Lipinski definition) is 3. The van der Waals surface area contributed by atoms with Crippen LogP contribution < -0.4 is 0 Å². The molecule has 0 fully saturated rings. The molecule has 0 saturated carbocycles. The van der Waals surface area contributed by atoms with Gasteiger partial charge in [0.25, 0.3) is 0 Å². The average molecular weight is 279 g/mol. The van der Waals surface area contributed by atoms with Crippen molar-refractivity contribution < 1.29 is 4.42 Å². The molecule has 2 aromatic rings. The molecule has 5 heteroatoms. The van der Waals surface area contributed by atoms with Gasteiger partial charge in [-0.05, 0) is 11.4 Å². The Labute approximate surface area is 92.7 Å². The molecule has 0 unspecified atom stereocenters. The second-order valence-electron chi connectivity index (χ2n) is 2.36. The fourth-order valence-electron chi connectivity index (χ4n) is 1.00. The zero-order valence-electron chi connectivity index (χ0n) is 6.46. The standard InChI is InChI=1S/C8H5BrClNOS/c9-3-6-7(12-4-11-6)8-5(10)1-2-13-8/h1-2,4H,3H2. The van der Waals surface area contributed by atoms with E-state index in [1.807, 2.05) is 11.4 Å². The van der Waals surface area contributed by atoms with Crippen LogP contribution >= 0.6 is 38.9 Å². The summed E-state index contributed by atoms with van der Waals surface area (Å²) in [5, 5.41) is 3.31. The van der Waals surface area contributed by atoms with Gasteiger partial charge in [-0.2, -0.15) is 0 Å². The maximum absolute atomic E-state index is 5.97. The summed E-state index contributed by atoms with van der Waals surface area (Å²) >= 11 is 10.9. The lowest BCUT2D eigenvalue weighted by atomic mass is 10.3. The summed E-state index contributed by atoms with van der Waals surface area (Å²) in [6.45, 7) is 0. The topological polar surface area (TPSA) is 26.0 Å². The lowest BCUT2D eigenvalue weighted by Gasteiger charge is -1.94. The number of thiophene rings is 1. The van der Waals surface area contributed by atoms with Crippen molar-refractivity contribution >= 4 is 38.9 Å². The van der Waals surface area contributed by atoms with E-state index >= 15 is 0 Å². The quantitative estimate of drug-likeness (QED) is 0.777. The van der Waals surface area contributed by atoms with Crippen LogP contribution in [0.25, 0.3) is 10.6 Å². The lowest BCUT2D eigenvalue weighted by Crippen LogP contribution is -1.79. The Kier molecular flexibility index (Phi) is 2.71. The SMILES string of the molecule is Clc1ccsc1-c1ocnc1CBr. The molecule has 0 aliphatic heterocycles. The fourth-order valence-corrected chi connectivity index (χ4v) is 2.56. The third-order valence-corrected chi connectivity index (χ3v) is 3.46. The van der Waals surface area contributed by atoms with Crippen LogP contribution in [0.2, 0.25) is 5.02 Å². The van der Waals surface area contributed by atoms with Gasteiger partial charge in [-0.3, -0.25) is 0 Å². The molecule has 0 N–H and O–H groups in total. The van der Waals surface area contributed by atoms with E-state index in [0.29, 0.717) is 10.4 Å². The zero-order chi connectivity index (χ0) is 9.26.